The van der Waals surface area contributed by atoms with Gasteiger partial charge in [-0.05, 0) is 72.7 Å². The van der Waals surface area contributed by atoms with Crippen molar-refractivity contribution in [3.05, 3.63) is 76.8 Å². The van der Waals surface area contributed by atoms with E-state index in [0.29, 0.717) is 39.1 Å². The molecule has 0 fully saturated rings. The molecule has 0 radical (unpaired) electrons. The molecule has 0 bridgehead atoms. The van der Waals surface area contributed by atoms with Crippen molar-refractivity contribution in [2.75, 3.05) is 12.4 Å². The minimum atomic E-state index is -0.346. The standard InChI is InChI=1S/C24H20ClN3O3S.ClH/c1-3-14-7-10-21-20(11-14)27-23(31-21)18-13-16(8-9-19(18)25)26-24(32)28-22(29)15-5-4-6-17(12-15)30-2;/h4-13H,3H2,1-2H3,(H2,26,28,29,32);1H. The highest BCUT2D eigenvalue weighted by Crippen LogP contribution is 2.32. The molecule has 0 saturated heterocycles. The molecule has 3 aromatic carbocycles. The largest absolute Gasteiger partial charge is 0.497 e. The van der Waals surface area contributed by atoms with E-state index in [9.17, 15) is 4.79 Å². The van der Waals surface area contributed by atoms with Crippen LogP contribution in [-0.4, -0.2) is 23.1 Å². The molecule has 2 N–H and O–H groups in total. The summed E-state index contributed by atoms with van der Waals surface area (Å²) < 4.78 is 11.1. The second kappa shape index (κ2) is 10.7. The average molecular weight is 502 g/mol. The summed E-state index contributed by atoms with van der Waals surface area (Å²) in [6, 6.07) is 18.0. The van der Waals surface area contributed by atoms with Gasteiger partial charge in [-0.2, -0.15) is 0 Å². The zero-order valence-electron chi connectivity index (χ0n) is 17.8. The first-order valence-electron chi connectivity index (χ1n) is 9.92. The second-order valence-corrected chi connectivity index (χ2v) is 7.82. The fourth-order valence-electron chi connectivity index (χ4n) is 3.18. The Hall–Kier alpha value is -3.13. The van der Waals surface area contributed by atoms with Crippen LogP contribution in [0.15, 0.2) is 65.1 Å². The monoisotopic (exact) mass is 501 g/mol. The van der Waals surface area contributed by atoms with E-state index in [1.165, 1.54) is 5.56 Å². The van der Waals surface area contributed by atoms with Crippen LogP contribution in [0.1, 0.15) is 22.8 Å². The van der Waals surface area contributed by atoms with Crippen molar-refractivity contribution in [3.8, 4) is 17.2 Å². The van der Waals surface area contributed by atoms with Gasteiger partial charge >= 0.3 is 0 Å². The number of benzene rings is 3. The van der Waals surface area contributed by atoms with E-state index in [-0.39, 0.29) is 23.4 Å². The molecule has 0 aliphatic heterocycles. The highest BCUT2D eigenvalue weighted by molar-refractivity contribution is 7.80. The molecular formula is C24H21Cl2N3O3S. The number of ether oxygens (including phenoxy) is 1. The second-order valence-electron chi connectivity index (χ2n) is 7.01. The van der Waals surface area contributed by atoms with Crippen LogP contribution in [0, 0.1) is 0 Å². The molecule has 0 atom stereocenters. The SMILES string of the molecule is CCc1ccc2oc(-c3cc(NC(=S)NC(=O)c4cccc(OC)c4)ccc3Cl)nc2c1.Cl. The molecule has 170 valence electrons. The number of aromatic nitrogens is 1. The Morgan fingerprint density at radius 3 is 2.73 bits per heavy atom. The van der Waals surface area contributed by atoms with Crippen molar-refractivity contribution < 1.29 is 13.9 Å². The van der Waals surface area contributed by atoms with E-state index >= 15 is 0 Å². The van der Waals surface area contributed by atoms with E-state index in [1.54, 1.807) is 49.6 Å². The lowest BCUT2D eigenvalue weighted by molar-refractivity contribution is 0.0977. The van der Waals surface area contributed by atoms with Gasteiger partial charge in [-0.25, -0.2) is 4.98 Å². The van der Waals surface area contributed by atoms with Crippen LogP contribution in [0.25, 0.3) is 22.6 Å². The molecule has 9 heteroatoms. The highest BCUT2D eigenvalue weighted by Gasteiger charge is 2.14. The highest BCUT2D eigenvalue weighted by atomic mass is 35.5. The first-order chi connectivity index (χ1) is 15.5. The molecule has 4 aromatic rings. The third-order valence-corrected chi connectivity index (χ3v) is 5.41. The Kier molecular flexibility index (Phi) is 7.92. The molecule has 6 nitrogen and oxygen atoms in total. The number of hydrogen-bond donors (Lipinski definition) is 2. The topological polar surface area (TPSA) is 76.4 Å². The summed E-state index contributed by atoms with van der Waals surface area (Å²) in [7, 11) is 1.54. The number of aryl methyl sites for hydroxylation is 1. The molecule has 0 aliphatic rings. The number of rotatable bonds is 5. The van der Waals surface area contributed by atoms with Gasteiger partial charge in [-0.1, -0.05) is 30.7 Å². The van der Waals surface area contributed by atoms with Gasteiger partial charge in [-0.15, -0.1) is 12.4 Å². The lowest BCUT2D eigenvalue weighted by Gasteiger charge is -2.11. The van der Waals surface area contributed by atoms with Crippen LogP contribution in [0.3, 0.4) is 0 Å². The summed E-state index contributed by atoms with van der Waals surface area (Å²) in [4.78, 5) is 17.1. The quantitative estimate of drug-likeness (QED) is 0.314. The first kappa shape index (κ1) is 24.5. The molecule has 1 amide bonds. The van der Waals surface area contributed by atoms with Crippen molar-refractivity contribution in [1.29, 1.82) is 0 Å². The summed E-state index contributed by atoms with van der Waals surface area (Å²) in [6.07, 6.45) is 0.914. The molecule has 0 aliphatic carbocycles. The molecule has 1 heterocycles. The number of carbonyl (C=O) groups excluding carboxylic acids is 1. The van der Waals surface area contributed by atoms with Gasteiger partial charge in [-0.3, -0.25) is 10.1 Å². The van der Waals surface area contributed by atoms with Crippen LogP contribution in [0.5, 0.6) is 5.75 Å². The summed E-state index contributed by atoms with van der Waals surface area (Å²) in [5.41, 5.74) is 4.33. The Morgan fingerprint density at radius 1 is 1.15 bits per heavy atom. The summed E-state index contributed by atoms with van der Waals surface area (Å²) >= 11 is 11.7. The van der Waals surface area contributed by atoms with E-state index < -0.39 is 0 Å². The zero-order chi connectivity index (χ0) is 22.7. The van der Waals surface area contributed by atoms with E-state index in [0.717, 1.165) is 11.9 Å². The lowest BCUT2D eigenvalue weighted by atomic mass is 10.1. The number of methoxy groups -OCH3 is 1. The maximum Gasteiger partial charge on any atom is 0.257 e. The van der Waals surface area contributed by atoms with Crippen molar-refractivity contribution in [2.24, 2.45) is 0 Å². The fraction of sp³-hybridized carbons (Fsp3) is 0.125. The van der Waals surface area contributed by atoms with Gasteiger partial charge in [0.1, 0.15) is 11.3 Å². The molecule has 33 heavy (non-hydrogen) atoms. The predicted octanol–water partition coefficient (Wildman–Crippen LogP) is 6.27. The number of halogens is 2. The minimum Gasteiger partial charge on any atom is -0.497 e. The van der Waals surface area contributed by atoms with Gasteiger partial charge in [0.15, 0.2) is 10.7 Å². The smallest absolute Gasteiger partial charge is 0.257 e. The number of anilines is 1. The maximum atomic E-state index is 12.5. The Labute approximate surface area is 207 Å². The minimum absolute atomic E-state index is 0. The van der Waals surface area contributed by atoms with Gasteiger partial charge < -0.3 is 14.5 Å². The summed E-state index contributed by atoms with van der Waals surface area (Å²) in [5, 5.41) is 6.30. The van der Waals surface area contributed by atoms with Crippen molar-refractivity contribution in [1.82, 2.24) is 10.3 Å². The van der Waals surface area contributed by atoms with E-state index in [2.05, 4.69) is 22.5 Å². The van der Waals surface area contributed by atoms with Crippen molar-refractivity contribution in [3.63, 3.8) is 0 Å². The average Bonchev–Trinajstić information content (AvgIpc) is 3.23. The molecule has 0 saturated carbocycles. The van der Waals surface area contributed by atoms with E-state index in [1.807, 2.05) is 18.2 Å². The van der Waals surface area contributed by atoms with Crippen LogP contribution in [0.2, 0.25) is 5.02 Å². The predicted molar refractivity (Wildman–Crippen MR) is 138 cm³/mol. The van der Waals surface area contributed by atoms with Gasteiger partial charge in [0.25, 0.3) is 5.91 Å². The number of thiocarbonyl (C=S) groups is 1. The molecular weight excluding hydrogens is 481 g/mol. The zero-order valence-corrected chi connectivity index (χ0v) is 20.2. The third kappa shape index (κ3) is 5.63. The number of nitrogens with one attached hydrogen (secondary N) is 2. The summed E-state index contributed by atoms with van der Waals surface area (Å²) in [5.74, 6) is 0.651. The Morgan fingerprint density at radius 2 is 1.97 bits per heavy atom. The normalized spacial score (nSPS) is 10.4. The van der Waals surface area contributed by atoms with Crippen molar-refractivity contribution in [2.45, 2.75) is 13.3 Å². The van der Waals surface area contributed by atoms with Crippen LogP contribution >= 0.6 is 36.2 Å². The number of oxazole rings is 1. The van der Waals surface area contributed by atoms with Crippen LogP contribution in [-0.2, 0) is 6.42 Å². The lowest BCUT2D eigenvalue weighted by Crippen LogP contribution is -2.34. The summed E-state index contributed by atoms with van der Waals surface area (Å²) in [6.45, 7) is 2.09. The van der Waals surface area contributed by atoms with Gasteiger partial charge in [0, 0.05) is 11.3 Å². The number of nitrogens with zero attached hydrogens (tertiary/aromatic N) is 1. The maximum absolute atomic E-state index is 12.5. The molecule has 0 unspecified atom stereocenters. The first-order valence-corrected chi connectivity index (χ1v) is 10.7. The molecule has 4 rings (SSSR count). The Bertz CT molecular complexity index is 1320. The van der Waals surface area contributed by atoms with Gasteiger partial charge in [0.05, 0.1) is 17.7 Å². The molecule has 1 aromatic heterocycles. The number of carbonyl (C=O) groups is 1. The van der Waals surface area contributed by atoms with E-state index in [4.69, 9.17) is 33.0 Å². The number of amides is 1. The Balaban J connectivity index is 0.00000306. The fourth-order valence-corrected chi connectivity index (χ4v) is 3.59. The number of fused-ring (bicyclic) bond motifs is 1. The van der Waals surface area contributed by atoms with Gasteiger partial charge in [0.2, 0.25) is 5.89 Å². The third-order valence-electron chi connectivity index (χ3n) is 4.87. The van der Waals surface area contributed by atoms with Crippen LogP contribution in [0.4, 0.5) is 5.69 Å². The van der Waals surface area contributed by atoms with Crippen LogP contribution < -0.4 is 15.4 Å². The van der Waals surface area contributed by atoms with Crippen molar-refractivity contribution >= 4 is 64.0 Å². The number of hydrogen-bond acceptors (Lipinski definition) is 5. The molecule has 0 spiro atoms.